The Bertz CT molecular complexity index is 927. The fraction of sp³-hybridized carbons (Fsp3) is 0.409. The third-order valence-corrected chi connectivity index (χ3v) is 5.33. The number of piperidine rings is 1. The van der Waals surface area contributed by atoms with Gasteiger partial charge in [0, 0.05) is 31.2 Å². The Hall–Kier alpha value is -2.94. The van der Waals surface area contributed by atoms with Crippen molar-refractivity contribution in [2.75, 3.05) is 18.0 Å². The van der Waals surface area contributed by atoms with E-state index in [-0.39, 0.29) is 17.6 Å². The number of anilines is 1. The number of hydrogen-bond donors (Lipinski definition) is 1. The molecule has 5 nitrogen and oxygen atoms in total. The van der Waals surface area contributed by atoms with Gasteiger partial charge < -0.3 is 10.2 Å². The standard InChI is InChI=1S/C22H25FN4O/c1-14-4-5-17(11-20(14)23)13-25-22(28)18-6-8-27(9-7-18)21-10-15(2)26-16(3)19(21)12-24/h4-5,10-11,18H,6-9,13H2,1-3H3,(H,25,28). The zero-order valence-corrected chi connectivity index (χ0v) is 16.6. The van der Waals surface area contributed by atoms with E-state index in [4.69, 9.17) is 0 Å². The van der Waals surface area contributed by atoms with Gasteiger partial charge in [0.1, 0.15) is 11.9 Å². The molecule has 1 aromatic heterocycles. The smallest absolute Gasteiger partial charge is 0.223 e. The van der Waals surface area contributed by atoms with Crippen LogP contribution in [0.25, 0.3) is 0 Å². The van der Waals surface area contributed by atoms with Crippen LogP contribution in [-0.2, 0) is 11.3 Å². The molecule has 0 saturated carbocycles. The van der Waals surface area contributed by atoms with E-state index in [1.807, 2.05) is 26.0 Å². The quantitative estimate of drug-likeness (QED) is 0.881. The molecule has 1 fully saturated rings. The fourth-order valence-corrected chi connectivity index (χ4v) is 3.66. The summed E-state index contributed by atoms with van der Waals surface area (Å²) < 4.78 is 13.6. The van der Waals surface area contributed by atoms with Gasteiger partial charge in [-0.2, -0.15) is 5.26 Å². The molecule has 1 aliphatic heterocycles. The zero-order chi connectivity index (χ0) is 20.3. The van der Waals surface area contributed by atoms with Crippen LogP contribution in [0.2, 0.25) is 0 Å². The number of nitriles is 1. The minimum Gasteiger partial charge on any atom is -0.370 e. The second-order valence-electron chi connectivity index (χ2n) is 7.42. The van der Waals surface area contributed by atoms with E-state index in [1.54, 1.807) is 13.0 Å². The van der Waals surface area contributed by atoms with Crippen molar-refractivity contribution in [1.82, 2.24) is 10.3 Å². The van der Waals surface area contributed by atoms with Crippen LogP contribution < -0.4 is 10.2 Å². The SMILES string of the molecule is Cc1cc(N2CCC(C(=O)NCc3ccc(C)c(F)c3)CC2)c(C#N)c(C)n1. The molecule has 1 saturated heterocycles. The highest BCUT2D eigenvalue weighted by Gasteiger charge is 2.26. The molecule has 146 valence electrons. The summed E-state index contributed by atoms with van der Waals surface area (Å²) >= 11 is 0. The number of pyridine rings is 1. The summed E-state index contributed by atoms with van der Waals surface area (Å²) in [5, 5.41) is 12.4. The van der Waals surface area contributed by atoms with E-state index in [9.17, 15) is 14.4 Å². The van der Waals surface area contributed by atoms with Crippen LogP contribution in [0.4, 0.5) is 10.1 Å². The number of amides is 1. The van der Waals surface area contributed by atoms with Crippen LogP contribution in [-0.4, -0.2) is 24.0 Å². The Morgan fingerprint density at radius 2 is 2.00 bits per heavy atom. The summed E-state index contributed by atoms with van der Waals surface area (Å²) in [6.45, 7) is 7.26. The van der Waals surface area contributed by atoms with E-state index >= 15 is 0 Å². The normalized spacial score (nSPS) is 14.6. The lowest BCUT2D eigenvalue weighted by Crippen LogP contribution is -2.40. The first-order valence-electron chi connectivity index (χ1n) is 9.55. The summed E-state index contributed by atoms with van der Waals surface area (Å²) in [5.41, 5.74) is 4.49. The molecule has 0 aliphatic carbocycles. The van der Waals surface area contributed by atoms with Crippen molar-refractivity contribution >= 4 is 11.6 Å². The second kappa shape index (κ2) is 8.39. The van der Waals surface area contributed by atoms with Gasteiger partial charge in [-0.05, 0) is 56.9 Å². The molecule has 6 heteroatoms. The molecule has 2 aromatic rings. The average Bonchev–Trinajstić information content (AvgIpc) is 2.68. The highest BCUT2D eigenvalue weighted by Crippen LogP contribution is 2.28. The predicted octanol–water partition coefficient (Wildman–Crippen LogP) is 3.55. The minimum absolute atomic E-state index is 0.00299. The molecular weight excluding hydrogens is 355 g/mol. The summed E-state index contributed by atoms with van der Waals surface area (Å²) in [4.78, 5) is 19.0. The monoisotopic (exact) mass is 380 g/mol. The van der Waals surface area contributed by atoms with Crippen molar-refractivity contribution in [3.05, 3.63) is 58.2 Å². The van der Waals surface area contributed by atoms with Crippen LogP contribution in [0.15, 0.2) is 24.3 Å². The number of nitrogens with zero attached hydrogens (tertiary/aromatic N) is 3. The van der Waals surface area contributed by atoms with Gasteiger partial charge in [-0.25, -0.2) is 4.39 Å². The van der Waals surface area contributed by atoms with Crippen LogP contribution in [0, 0.1) is 43.8 Å². The number of halogens is 1. The van der Waals surface area contributed by atoms with E-state index in [0.29, 0.717) is 17.7 Å². The molecule has 1 aliphatic rings. The van der Waals surface area contributed by atoms with Gasteiger partial charge in [-0.3, -0.25) is 9.78 Å². The molecule has 0 spiro atoms. The number of benzene rings is 1. The minimum atomic E-state index is -0.253. The third kappa shape index (κ3) is 4.30. The van der Waals surface area contributed by atoms with Gasteiger partial charge in [-0.15, -0.1) is 0 Å². The maximum Gasteiger partial charge on any atom is 0.223 e. The van der Waals surface area contributed by atoms with Crippen LogP contribution in [0.3, 0.4) is 0 Å². The lowest BCUT2D eigenvalue weighted by Gasteiger charge is -2.33. The van der Waals surface area contributed by atoms with Gasteiger partial charge in [0.25, 0.3) is 0 Å². The molecule has 1 N–H and O–H groups in total. The number of hydrogen-bond acceptors (Lipinski definition) is 4. The predicted molar refractivity (Wildman–Crippen MR) is 106 cm³/mol. The first-order chi connectivity index (χ1) is 13.4. The molecule has 1 aromatic carbocycles. The molecule has 1 amide bonds. The van der Waals surface area contributed by atoms with Gasteiger partial charge >= 0.3 is 0 Å². The van der Waals surface area contributed by atoms with E-state index in [2.05, 4.69) is 21.3 Å². The Morgan fingerprint density at radius 3 is 2.64 bits per heavy atom. The Balaban J connectivity index is 1.59. The Labute approximate surface area is 165 Å². The van der Waals surface area contributed by atoms with Crippen molar-refractivity contribution in [2.45, 2.75) is 40.2 Å². The van der Waals surface area contributed by atoms with E-state index in [1.165, 1.54) is 6.07 Å². The number of rotatable bonds is 4. The van der Waals surface area contributed by atoms with Crippen LogP contribution in [0.1, 0.15) is 40.9 Å². The average molecular weight is 380 g/mol. The zero-order valence-electron chi connectivity index (χ0n) is 16.6. The molecule has 0 radical (unpaired) electrons. The number of carbonyl (C=O) groups is 1. The summed E-state index contributed by atoms with van der Waals surface area (Å²) in [7, 11) is 0. The lowest BCUT2D eigenvalue weighted by molar-refractivity contribution is -0.125. The molecule has 0 unspecified atom stereocenters. The van der Waals surface area contributed by atoms with E-state index < -0.39 is 0 Å². The van der Waals surface area contributed by atoms with Crippen molar-refractivity contribution in [2.24, 2.45) is 5.92 Å². The highest BCUT2D eigenvalue weighted by atomic mass is 19.1. The van der Waals surface area contributed by atoms with Crippen LogP contribution in [0.5, 0.6) is 0 Å². The van der Waals surface area contributed by atoms with Crippen molar-refractivity contribution < 1.29 is 9.18 Å². The molecule has 28 heavy (non-hydrogen) atoms. The maximum absolute atomic E-state index is 13.6. The first kappa shape index (κ1) is 19.8. The maximum atomic E-state index is 13.6. The molecule has 0 bridgehead atoms. The molecular formula is C22H25FN4O. The summed E-state index contributed by atoms with van der Waals surface area (Å²) in [5.74, 6) is -0.319. The fourth-order valence-electron chi connectivity index (χ4n) is 3.66. The lowest BCUT2D eigenvalue weighted by atomic mass is 9.94. The molecule has 3 rings (SSSR count). The Morgan fingerprint density at radius 1 is 1.29 bits per heavy atom. The molecule has 2 heterocycles. The third-order valence-electron chi connectivity index (χ3n) is 5.33. The Kier molecular flexibility index (Phi) is 5.93. The van der Waals surface area contributed by atoms with Gasteiger partial charge in [-0.1, -0.05) is 12.1 Å². The van der Waals surface area contributed by atoms with Crippen LogP contribution >= 0.6 is 0 Å². The van der Waals surface area contributed by atoms with E-state index in [0.717, 1.165) is 48.6 Å². The molecule has 0 atom stereocenters. The topological polar surface area (TPSA) is 69.0 Å². The highest BCUT2D eigenvalue weighted by molar-refractivity contribution is 5.79. The van der Waals surface area contributed by atoms with Crippen molar-refractivity contribution in [3.63, 3.8) is 0 Å². The van der Waals surface area contributed by atoms with Gasteiger partial charge in [0.05, 0.1) is 16.9 Å². The number of carbonyl (C=O) groups excluding carboxylic acids is 1. The number of aromatic nitrogens is 1. The number of nitrogens with one attached hydrogen (secondary N) is 1. The van der Waals surface area contributed by atoms with Gasteiger partial charge in [0.2, 0.25) is 5.91 Å². The second-order valence-corrected chi connectivity index (χ2v) is 7.42. The summed E-state index contributed by atoms with van der Waals surface area (Å²) in [6.07, 6.45) is 1.44. The summed E-state index contributed by atoms with van der Waals surface area (Å²) in [6, 6.07) is 9.22. The van der Waals surface area contributed by atoms with Crippen molar-refractivity contribution in [1.29, 1.82) is 5.26 Å². The first-order valence-corrected chi connectivity index (χ1v) is 9.55. The van der Waals surface area contributed by atoms with Crippen molar-refractivity contribution in [3.8, 4) is 6.07 Å². The van der Waals surface area contributed by atoms with Gasteiger partial charge in [0.15, 0.2) is 0 Å². The number of aryl methyl sites for hydroxylation is 3. The largest absolute Gasteiger partial charge is 0.370 e.